The third-order valence-corrected chi connectivity index (χ3v) is 5.91. The van der Waals surface area contributed by atoms with E-state index in [0.717, 1.165) is 16.6 Å². The van der Waals surface area contributed by atoms with Crippen LogP contribution >= 0.6 is 15.9 Å². The van der Waals surface area contributed by atoms with Crippen LogP contribution in [0.15, 0.2) is 28.7 Å². The Bertz CT molecular complexity index is 734. The summed E-state index contributed by atoms with van der Waals surface area (Å²) < 4.78 is 0.853. The van der Waals surface area contributed by atoms with E-state index in [9.17, 15) is 14.4 Å². The van der Waals surface area contributed by atoms with Gasteiger partial charge in [0, 0.05) is 50.2 Å². The lowest BCUT2D eigenvalue weighted by molar-refractivity contribution is -0.137. The molecule has 7 nitrogen and oxygen atoms in total. The van der Waals surface area contributed by atoms with Crippen LogP contribution in [0, 0.1) is 5.92 Å². The summed E-state index contributed by atoms with van der Waals surface area (Å²) in [6, 6.07) is 7.57. The normalized spacial score (nSPS) is 20.5. The third kappa shape index (κ3) is 4.91. The molecule has 2 saturated heterocycles. The summed E-state index contributed by atoms with van der Waals surface area (Å²) in [7, 11) is 0. The van der Waals surface area contributed by atoms with E-state index in [1.165, 1.54) is 0 Å². The largest absolute Gasteiger partial charge is 0.355 e. The fourth-order valence-electron chi connectivity index (χ4n) is 3.68. The second kappa shape index (κ2) is 9.52. The van der Waals surface area contributed by atoms with E-state index in [1.807, 2.05) is 36.1 Å². The molecular weight excluding hydrogens is 424 g/mol. The van der Waals surface area contributed by atoms with Crippen LogP contribution in [0.3, 0.4) is 0 Å². The SMILES string of the molecule is CCCNC(=O)CN1CCN(C(=O)C2CC(=O)N(c3ccccc3Br)C2)CC1. The minimum absolute atomic E-state index is 0.0171. The molecule has 0 bridgehead atoms. The molecule has 2 fully saturated rings. The predicted molar refractivity (Wildman–Crippen MR) is 111 cm³/mol. The molecule has 0 spiro atoms. The second-order valence-corrected chi connectivity index (χ2v) is 8.16. The summed E-state index contributed by atoms with van der Waals surface area (Å²) in [5.74, 6) is -0.249. The van der Waals surface area contributed by atoms with E-state index in [1.54, 1.807) is 4.90 Å². The van der Waals surface area contributed by atoms with Crippen LogP contribution < -0.4 is 10.2 Å². The van der Waals surface area contributed by atoms with Crippen LogP contribution in [0.1, 0.15) is 19.8 Å². The van der Waals surface area contributed by atoms with Crippen LogP contribution in [0.2, 0.25) is 0 Å². The molecule has 1 aromatic rings. The Morgan fingerprint density at radius 1 is 1.18 bits per heavy atom. The van der Waals surface area contributed by atoms with Crippen molar-refractivity contribution in [2.45, 2.75) is 19.8 Å². The highest BCUT2D eigenvalue weighted by Crippen LogP contribution is 2.32. The molecule has 1 atom stereocenters. The first-order valence-corrected chi connectivity index (χ1v) is 10.6. The topological polar surface area (TPSA) is 73.0 Å². The number of hydrogen-bond donors (Lipinski definition) is 1. The van der Waals surface area contributed by atoms with Gasteiger partial charge < -0.3 is 15.1 Å². The Hall–Kier alpha value is -1.93. The fraction of sp³-hybridized carbons (Fsp3) is 0.550. The monoisotopic (exact) mass is 450 g/mol. The summed E-state index contributed by atoms with van der Waals surface area (Å²) in [5, 5.41) is 2.88. The molecule has 0 aromatic heterocycles. The van der Waals surface area contributed by atoms with Crippen LogP contribution in [0.5, 0.6) is 0 Å². The number of nitrogens with zero attached hydrogens (tertiary/aromatic N) is 3. The van der Waals surface area contributed by atoms with E-state index in [0.29, 0.717) is 45.8 Å². The van der Waals surface area contributed by atoms with Gasteiger partial charge in [-0.3, -0.25) is 19.3 Å². The van der Waals surface area contributed by atoms with Crippen molar-refractivity contribution >= 4 is 39.3 Å². The number of benzene rings is 1. The number of hydrogen-bond acceptors (Lipinski definition) is 4. The fourth-order valence-corrected chi connectivity index (χ4v) is 4.18. The first-order chi connectivity index (χ1) is 13.5. The smallest absolute Gasteiger partial charge is 0.234 e. The number of anilines is 1. The average molecular weight is 451 g/mol. The number of piperazine rings is 1. The maximum atomic E-state index is 12.9. The number of para-hydroxylation sites is 1. The van der Waals surface area contributed by atoms with Crippen molar-refractivity contribution in [2.75, 3.05) is 50.7 Å². The molecule has 2 aliphatic rings. The van der Waals surface area contributed by atoms with Crippen molar-refractivity contribution in [3.63, 3.8) is 0 Å². The lowest BCUT2D eigenvalue weighted by atomic mass is 10.1. The van der Waals surface area contributed by atoms with Crippen molar-refractivity contribution < 1.29 is 14.4 Å². The summed E-state index contributed by atoms with van der Waals surface area (Å²) >= 11 is 3.48. The standard InChI is InChI=1S/C20H27BrN4O3/c1-2-7-22-18(26)14-23-8-10-24(11-9-23)20(28)15-12-19(27)25(13-15)17-6-4-3-5-16(17)21/h3-6,15H,2,7-14H2,1H3,(H,22,26). The van der Waals surface area contributed by atoms with E-state index in [4.69, 9.17) is 0 Å². The highest BCUT2D eigenvalue weighted by atomic mass is 79.9. The highest BCUT2D eigenvalue weighted by Gasteiger charge is 2.38. The molecule has 8 heteroatoms. The zero-order valence-electron chi connectivity index (χ0n) is 16.2. The first-order valence-electron chi connectivity index (χ1n) is 9.82. The lowest BCUT2D eigenvalue weighted by Crippen LogP contribution is -2.52. The zero-order chi connectivity index (χ0) is 20.1. The molecule has 3 amide bonds. The molecule has 2 heterocycles. The molecule has 0 radical (unpaired) electrons. The molecule has 0 saturated carbocycles. The number of amides is 3. The van der Waals surface area contributed by atoms with Gasteiger partial charge in [-0.15, -0.1) is 0 Å². The number of halogens is 1. The van der Waals surface area contributed by atoms with Gasteiger partial charge in [0.05, 0.1) is 18.2 Å². The van der Waals surface area contributed by atoms with Crippen molar-refractivity contribution in [2.24, 2.45) is 5.92 Å². The van der Waals surface area contributed by atoms with E-state index in [-0.39, 0.29) is 30.1 Å². The number of carbonyl (C=O) groups excluding carboxylic acids is 3. The number of carbonyl (C=O) groups is 3. The van der Waals surface area contributed by atoms with Crippen LogP contribution in [0.4, 0.5) is 5.69 Å². The zero-order valence-corrected chi connectivity index (χ0v) is 17.8. The van der Waals surface area contributed by atoms with Crippen molar-refractivity contribution in [1.29, 1.82) is 0 Å². The van der Waals surface area contributed by atoms with Crippen LogP contribution in [-0.2, 0) is 14.4 Å². The van der Waals surface area contributed by atoms with Gasteiger partial charge in [-0.2, -0.15) is 0 Å². The molecule has 0 aliphatic carbocycles. The van der Waals surface area contributed by atoms with Crippen molar-refractivity contribution in [3.05, 3.63) is 28.7 Å². The molecule has 152 valence electrons. The van der Waals surface area contributed by atoms with Gasteiger partial charge in [0.15, 0.2) is 0 Å². The van der Waals surface area contributed by atoms with Crippen molar-refractivity contribution in [1.82, 2.24) is 15.1 Å². The van der Waals surface area contributed by atoms with Crippen LogP contribution in [0.25, 0.3) is 0 Å². The average Bonchev–Trinajstić information content (AvgIpc) is 3.08. The van der Waals surface area contributed by atoms with Gasteiger partial charge in [-0.1, -0.05) is 19.1 Å². The van der Waals surface area contributed by atoms with E-state index >= 15 is 0 Å². The maximum Gasteiger partial charge on any atom is 0.234 e. The highest BCUT2D eigenvalue weighted by molar-refractivity contribution is 9.10. The molecule has 28 heavy (non-hydrogen) atoms. The summed E-state index contributed by atoms with van der Waals surface area (Å²) in [5.41, 5.74) is 0.811. The first kappa shape index (κ1) is 20.8. The second-order valence-electron chi connectivity index (χ2n) is 7.31. The summed E-state index contributed by atoms with van der Waals surface area (Å²) in [6.07, 6.45) is 1.17. The molecular formula is C20H27BrN4O3. The molecule has 1 aromatic carbocycles. The van der Waals surface area contributed by atoms with Crippen LogP contribution in [-0.4, -0.2) is 73.3 Å². The molecule has 1 N–H and O–H groups in total. The van der Waals surface area contributed by atoms with Gasteiger partial charge in [0.25, 0.3) is 0 Å². The third-order valence-electron chi connectivity index (χ3n) is 5.24. The van der Waals surface area contributed by atoms with Gasteiger partial charge in [0.1, 0.15) is 0 Å². The van der Waals surface area contributed by atoms with Gasteiger partial charge in [-0.05, 0) is 34.5 Å². The summed E-state index contributed by atoms with van der Waals surface area (Å²) in [6.45, 7) is 6.07. The Balaban J connectivity index is 1.51. The minimum Gasteiger partial charge on any atom is -0.355 e. The van der Waals surface area contributed by atoms with Gasteiger partial charge >= 0.3 is 0 Å². The summed E-state index contributed by atoms with van der Waals surface area (Å²) in [4.78, 5) is 42.8. The molecule has 2 aliphatic heterocycles. The van der Waals surface area contributed by atoms with Gasteiger partial charge in [-0.25, -0.2) is 0 Å². The van der Waals surface area contributed by atoms with E-state index in [2.05, 4.69) is 26.1 Å². The number of rotatable bonds is 6. The quantitative estimate of drug-likeness (QED) is 0.711. The van der Waals surface area contributed by atoms with E-state index < -0.39 is 0 Å². The Kier molecular flexibility index (Phi) is 7.07. The molecule has 3 rings (SSSR count). The molecule has 1 unspecified atom stereocenters. The van der Waals surface area contributed by atoms with Gasteiger partial charge in [0.2, 0.25) is 17.7 Å². The minimum atomic E-state index is -0.306. The number of nitrogens with one attached hydrogen (secondary N) is 1. The Morgan fingerprint density at radius 2 is 1.89 bits per heavy atom. The Morgan fingerprint density at radius 3 is 2.57 bits per heavy atom. The Labute approximate surface area is 174 Å². The maximum absolute atomic E-state index is 12.9. The predicted octanol–water partition coefficient (Wildman–Crippen LogP) is 1.47. The van der Waals surface area contributed by atoms with Crippen molar-refractivity contribution in [3.8, 4) is 0 Å². The lowest BCUT2D eigenvalue weighted by Gasteiger charge is -2.35.